The summed E-state index contributed by atoms with van der Waals surface area (Å²) >= 11 is 1.56. The van der Waals surface area contributed by atoms with Crippen molar-refractivity contribution in [2.75, 3.05) is 37.7 Å². The van der Waals surface area contributed by atoms with E-state index < -0.39 is 0 Å². The molecular weight excluding hydrogens is 478 g/mol. The number of urea groups is 1. The van der Waals surface area contributed by atoms with E-state index in [0.717, 1.165) is 49.3 Å². The SMILES string of the molecule is CN(CCCNC(=O)Nc1ccc(-c2cscn2)cc1)CC1CCC(n2cnc3c(N)ncnc32)O1. The Kier molecular flexibility index (Phi) is 7.35. The first kappa shape index (κ1) is 24.1. The number of carbonyl (C=O) groups is 1. The molecule has 188 valence electrons. The predicted molar refractivity (Wildman–Crippen MR) is 140 cm³/mol. The first-order valence-electron chi connectivity index (χ1n) is 11.9. The van der Waals surface area contributed by atoms with Crippen LogP contribution in [0.4, 0.5) is 16.3 Å². The van der Waals surface area contributed by atoms with Gasteiger partial charge in [-0.25, -0.2) is 24.7 Å². The smallest absolute Gasteiger partial charge is 0.319 e. The average Bonchev–Trinajstić information content (AvgIpc) is 3.64. The Balaban J connectivity index is 1.00. The molecule has 2 unspecified atom stereocenters. The molecule has 4 aromatic rings. The third kappa shape index (κ3) is 5.61. The number of likely N-dealkylation sites (N-methyl/N-ethyl adjacent to an activating group) is 1. The largest absolute Gasteiger partial charge is 0.382 e. The van der Waals surface area contributed by atoms with E-state index in [0.29, 0.717) is 23.5 Å². The standard InChI is InChI=1S/C24H29N9O2S/c1-32(11-18-7-8-20(35-18)33-14-29-21-22(25)27-13-28-23(21)33)10-2-9-26-24(34)31-17-5-3-16(4-6-17)19-12-36-15-30-19/h3-6,12-15,18,20H,2,7-11H2,1H3,(H2,25,27,28)(H2,26,31,34). The highest BCUT2D eigenvalue weighted by Crippen LogP contribution is 2.31. The summed E-state index contributed by atoms with van der Waals surface area (Å²) in [6.07, 6.45) is 5.87. The van der Waals surface area contributed by atoms with Gasteiger partial charge in [-0.3, -0.25) is 4.57 Å². The normalized spacial score (nSPS) is 17.6. The van der Waals surface area contributed by atoms with Gasteiger partial charge >= 0.3 is 6.03 Å². The first-order chi connectivity index (χ1) is 17.6. The van der Waals surface area contributed by atoms with Crippen molar-refractivity contribution in [3.05, 3.63) is 47.8 Å². The molecule has 4 heterocycles. The summed E-state index contributed by atoms with van der Waals surface area (Å²) < 4.78 is 8.20. The van der Waals surface area contributed by atoms with Crippen LogP contribution in [-0.2, 0) is 4.74 Å². The van der Waals surface area contributed by atoms with Gasteiger partial charge in [0.1, 0.15) is 18.1 Å². The molecule has 36 heavy (non-hydrogen) atoms. The molecule has 3 aromatic heterocycles. The second kappa shape index (κ2) is 11.0. The number of anilines is 2. The van der Waals surface area contributed by atoms with Gasteiger partial charge in [0.15, 0.2) is 11.5 Å². The lowest BCUT2D eigenvalue weighted by Gasteiger charge is -2.21. The van der Waals surface area contributed by atoms with E-state index in [1.165, 1.54) is 6.33 Å². The van der Waals surface area contributed by atoms with Crippen molar-refractivity contribution in [2.24, 2.45) is 0 Å². The molecule has 5 rings (SSSR count). The number of nitrogens with one attached hydrogen (secondary N) is 2. The van der Waals surface area contributed by atoms with Crippen molar-refractivity contribution in [1.29, 1.82) is 0 Å². The summed E-state index contributed by atoms with van der Waals surface area (Å²) in [5, 5.41) is 7.78. The van der Waals surface area contributed by atoms with E-state index >= 15 is 0 Å². The number of ether oxygens (including phenoxy) is 1. The van der Waals surface area contributed by atoms with Crippen LogP contribution in [0.2, 0.25) is 0 Å². The number of carbonyl (C=O) groups excluding carboxylic acids is 1. The maximum Gasteiger partial charge on any atom is 0.319 e. The van der Waals surface area contributed by atoms with Crippen LogP contribution in [0.5, 0.6) is 0 Å². The van der Waals surface area contributed by atoms with Crippen LogP contribution in [0.3, 0.4) is 0 Å². The maximum atomic E-state index is 12.2. The van der Waals surface area contributed by atoms with Gasteiger partial charge in [-0.2, -0.15) is 0 Å². The van der Waals surface area contributed by atoms with Gasteiger partial charge in [-0.1, -0.05) is 12.1 Å². The molecular formula is C24H29N9O2S. The molecule has 2 atom stereocenters. The number of nitrogen functional groups attached to an aromatic ring is 1. The Hall–Kier alpha value is -3.61. The molecule has 11 nitrogen and oxygen atoms in total. The van der Waals surface area contributed by atoms with Crippen LogP contribution < -0.4 is 16.4 Å². The summed E-state index contributed by atoms with van der Waals surface area (Å²) in [5.74, 6) is 0.375. The van der Waals surface area contributed by atoms with Crippen molar-refractivity contribution in [2.45, 2.75) is 31.6 Å². The summed E-state index contributed by atoms with van der Waals surface area (Å²) in [6.45, 7) is 2.26. The minimum absolute atomic E-state index is 0.108. The number of rotatable bonds is 9. The van der Waals surface area contributed by atoms with E-state index in [1.807, 2.05) is 34.2 Å². The number of imidazole rings is 1. The minimum Gasteiger partial charge on any atom is -0.382 e. The molecule has 1 fully saturated rings. The third-order valence-corrected chi connectivity index (χ3v) is 6.76. The molecule has 2 amide bonds. The zero-order chi connectivity index (χ0) is 24.9. The first-order valence-corrected chi connectivity index (χ1v) is 12.8. The summed E-state index contributed by atoms with van der Waals surface area (Å²) in [4.78, 5) is 31.4. The van der Waals surface area contributed by atoms with Crippen LogP contribution in [-0.4, -0.2) is 68.2 Å². The molecule has 12 heteroatoms. The highest BCUT2D eigenvalue weighted by atomic mass is 32.1. The van der Waals surface area contributed by atoms with Crippen molar-refractivity contribution >= 4 is 40.0 Å². The van der Waals surface area contributed by atoms with Crippen LogP contribution in [0.15, 0.2) is 47.8 Å². The molecule has 0 bridgehead atoms. The lowest BCUT2D eigenvalue weighted by atomic mass is 10.1. The number of nitrogens with zero attached hydrogens (tertiary/aromatic N) is 6. The van der Waals surface area contributed by atoms with Gasteiger partial charge in [0.2, 0.25) is 0 Å². The number of amides is 2. The Morgan fingerprint density at radius 2 is 2.08 bits per heavy atom. The summed E-state index contributed by atoms with van der Waals surface area (Å²) in [6, 6.07) is 7.45. The van der Waals surface area contributed by atoms with Gasteiger partial charge in [-0.05, 0) is 45.0 Å². The number of fused-ring (bicyclic) bond motifs is 1. The molecule has 1 aromatic carbocycles. The van der Waals surface area contributed by atoms with Crippen LogP contribution >= 0.6 is 11.3 Å². The van der Waals surface area contributed by atoms with E-state index in [1.54, 1.807) is 23.2 Å². The zero-order valence-electron chi connectivity index (χ0n) is 20.0. The summed E-state index contributed by atoms with van der Waals surface area (Å²) in [5.41, 5.74) is 11.7. The molecule has 0 aliphatic carbocycles. The lowest BCUT2D eigenvalue weighted by molar-refractivity contribution is -0.00849. The third-order valence-electron chi connectivity index (χ3n) is 6.17. The predicted octanol–water partition coefficient (Wildman–Crippen LogP) is 3.35. The van der Waals surface area contributed by atoms with Gasteiger partial charge in [-0.15, -0.1) is 11.3 Å². The Labute approximate surface area is 212 Å². The van der Waals surface area contributed by atoms with Crippen LogP contribution in [0.1, 0.15) is 25.5 Å². The van der Waals surface area contributed by atoms with E-state index in [9.17, 15) is 4.79 Å². The number of aromatic nitrogens is 5. The van der Waals surface area contributed by atoms with Crippen molar-refractivity contribution in [1.82, 2.24) is 34.7 Å². The van der Waals surface area contributed by atoms with Crippen molar-refractivity contribution in [3.8, 4) is 11.3 Å². The number of hydrogen-bond acceptors (Lipinski definition) is 9. The topological polar surface area (TPSA) is 136 Å². The maximum absolute atomic E-state index is 12.2. The minimum atomic E-state index is -0.210. The fourth-order valence-electron chi connectivity index (χ4n) is 4.35. The number of nitrogens with two attached hydrogens (primary N) is 1. The number of hydrogen-bond donors (Lipinski definition) is 3. The monoisotopic (exact) mass is 507 g/mol. The van der Waals surface area contributed by atoms with Gasteiger partial charge in [0.05, 0.1) is 23.6 Å². The molecule has 1 saturated heterocycles. The van der Waals surface area contributed by atoms with Crippen molar-refractivity contribution < 1.29 is 9.53 Å². The molecule has 1 aliphatic heterocycles. The fraction of sp³-hybridized carbons (Fsp3) is 0.375. The Morgan fingerprint density at radius 3 is 2.89 bits per heavy atom. The highest BCUT2D eigenvalue weighted by Gasteiger charge is 2.28. The van der Waals surface area contributed by atoms with Crippen molar-refractivity contribution in [3.63, 3.8) is 0 Å². The molecule has 0 saturated carbocycles. The Bertz CT molecular complexity index is 1290. The lowest BCUT2D eigenvalue weighted by Crippen LogP contribution is -2.34. The molecule has 1 aliphatic rings. The van der Waals surface area contributed by atoms with Gasteiger partial charge in [0, 0.05) is 29.7 Å². The number of benzene rings is 1. The molecule has 0 radical (unpaired) electrons. The Morgan fingerprint density at radius 1 is 1.22 bits per heavy atom. The molecule has 0 spiro atoms. The zero-order valence-corrected chi connectivity index (χ0v) is 20.8. The highest BCUT2D eigenvalue weighted by molar-refractivity contribution is 7.07. The summed E-state index contributed by atoms with van der Waals surface area (Å²) in [7, 11) is 2.07. The second-order valence-corrected chi connectivity index (χ2v) is 9.54. The number of thiazole rings is 1. The van der Waals surface area contributed by atoms with Crippen LogP contribution in [0.25, 0.3) is 22.4 Å². The van der Waals surface area contributed by atoms with Crippen LogP contribution in [0, 0.1) is 0 Å². The second-order valence-electron chi connectivity index (χ2n) is 8.82. The molecule has 4 N–H and O–H groups in total. The van der Waals surface area contributed by atoms with Gasteiger partial charge < -0.3 is 26.0 Å². The van der Waals surface area contributed by atoms with E-state index in [2.05, 4.69) is 42.5 Å². The van der Waals surface area contributed by atoms with E-state index in [4.69, 9.17) is 10.5 Å². The van der Waals surface area contributed by atoms with Gasteiger partial charge in [0.25, 0.3) is 0 Å². The average molecular weight is 508 g/mol. The fourth-order valence-corrected chi connectivity index (χ4v) is 4.91. The van der Waals surface area contributed by atoms with E-state index in [-0.39, 0.29) is 18.4 Å². The quantitative estimate of drug-likeness (QED) is 0.294.